The highest BCUT2D eigenvalue weighted by molar-refractivity contribution is 6.10. The maximum atomic E-state index is 3.46. The van der Waals surface area contributed by atoms with Gasteiger partial charge in [0.1, 0.15) is 0 Å². The van der Waals surface area contributed by atoms with Crippen LogP contribution in [-0.4, -0.2) is 9.78 Å². The minimum atomic E-state index is 0.562. The van der Waals surface area contributed by atoms with Crippen LogP contribution in [0.3, 0.4) is 0 Å². The summed E-state index contributed by atoms with van der Waals surface area (Å²) in [6.45, 7) is 2.38. The van der Waals surface area contributed by atoms with Crippen LogP contribution in [0.15, 0.2) is 158 Å². The number of nitrogens with one attached hydrogen (secondary N) is 1. The van der Waals surface area contributed by atoms with Gasteiger partial charge in [-0.1, -0.05) is 146 Å². The van der Waals surface area contributed by atoms with Gasteiger partial charge in [-0.05, 0) is 109 Å². The van der Waals surface area contributed by atoms with Gasteiger partial charge in [0.2, 0.25) is 0 Å². The lowest BCUT2D eigenvalue weighted by molar-refractivity contribution is 0.595. The molecule has 1 aliphatic rings. The number of nitrogens with zero attached hydrogens (tertiary/aromatic N) is 1. The Labute approximate surface area is 281 Å². The van der Waals surface area contributed by atoms with E-state index in [4.69, 9.17) is 0 Å². The normalized spacial score (nSPS) is 14.3. The van der Waals surface area contributed by atoms with Crippen molar-refractivity contribution < 1.29 is 0 Å². The van der Waals surface area contributed by atoms with Gasteiger partial charge >= 0.3 is 0 Å². The molecule has 1 heterocycles. The van der Waals surface area contributed by atoms with Gasteiger partial charge in [-0.3, -0.25) is 9.78 Å². The van der Waals surface area contributed by atoms with E-state index < -0.39 is 0 Å². The molecule has 0 bridgehead atoms. The summed E-state index contributed by atoms with van der Waals surface area (Å²) in [7, 11) is 0. The maximum Gasteiger partial charge on any atom is 0.0880 e. The quantitative estimate of drug-likeness (QED) is 0.199. The molecule has 0 fully saturated rings. The first kappa shape index (κ1) is 28.4. The molecule has 0 saturated carbocycles. The van der Waals surface area contributed by atoms with Crippen molar-refractivity contribution in [1.82, 2.24) is 9.78 Å². The highest BCUT2D eigenvalue weighted by Crippen LogP contribution is 2.45. The van der Waals surface area contributed by atoms with Crippen molar-refractivity contribution in [2.75, 3.05) is 0 Å². The van der Waals surface area contributed by atoms with Gasteiger partial charge < -0.3 is 0 Å². The molecular weight excluding hydrogens is 581 g/mol. The summed E-state index contributed by atoms with van der Waals surface area (Å²) < 4.78 is 2.16. The number of hydrogen-bond donors (Lipinski definition) is 1. The lowest BCUT2D eigenvalue weighted by Gasteiger charge is -2.23. The number of allylic oxidation sites excluding steroid dienone is 1. The first-order chi connectivity index (χ1) is 23.7. The van der Waals surface area contributed by atoms with Gasteiger partial charge in [0.15, 0.2) is 0 Å². The Morgan fingerprint density at radius 3 is 1.83 bits per heavy atom. The Balaban J connectivity index is 1.19. The molecule has 2 nitrogen and oxygen atoms in total. The molecule has 230 valence electrons. The molecule has 0 amide bonds. The predicted octanol–water partition coefficient (Wildman–Crippen LogP) is 12.4. The number of para-hydroxylation sites is 2. The summed E-state index contributed by atoms with van der Waals surface area (Å²) >= 11 is 0. The molecule has 1 aromatic heterocycles. The van der Waals surface area contributed by atoms with Crippen LogP contribution in [0.25, 0.3) is 78.1 Å². The largest absolute Gasteiger partial charge is 0.292 e. The molecule has 1 atom stereocenters. The second kappa shape index (κ2) is 11.7. The van der Waals surface area contributed by atoms with Crippen LogP contribution in [0, 0.1) is 5.92 Å². The fourth-order valence-corrected chi connectivity index (χ4v) is 7.69. The summed E-state index contributed by atoms with van der Waals surface area (Å²) in [5, 5.41) is 6.07. The van der Waals surface area contributed by atoms with Gasteiger partial charge in [-0.15, -0.1) is 0 Å². The molecule has 0 spiro atoms. The Bertz CT molecular complexity index is 2440. The summed E-state index contributed by atoms with van der Waals surface area (Å²) in [4.78, 5) is 0. The van der Waals surface area contributed by atoms with Crippen molar-refractivity contribution in [3.63, 3.8) is 0 Å². The fourth-order valence-electron chi connectivity index (χ4n) is 7.69. The molecule has 9 rings (SSSR count). The summed E-state index contributed by atoms with van der Waals surface area (Å²) in [5.74, 6) is 0.562. The van der Waals surface area contributed by atoms with Crippen LogP contribution in [0.4, 0.5) is 0 Å². The number of aromatic amines is 1. The van der Waals surface area contributed by atoms with E-state index >= 15 is 0 Å². The third-order valence-electron chi connectivity index (χ3n) is 10.0. The topological polar surface area (TPSA) is 20.7 Å². The minimum absolute atomic E-state index is 0.562. The molecule has 8 aromatic rings. The van der Waals surface area contributed by atoms with Gasteiger partial charge in [0, 0.05) is 0 Å². The second-order valence-electron chi connectivity index (χ2n) is 13.1. The first-order valence-electron chi connectivity index (χ1n) is 17.0. The smallest absolute Gasteiger partial charge is 0.0880 e. The molecule has 1 aliphatic carbocycles. The van der Waals surface area contributed by atoms with E-state index in [1.54, 1.807) is 0 Å². The monoisotopic (exact) mass is 616 g/mol. The van der Waals surface area contributed by atoms with Crippen LogP contribution in [0.5, 0.6) is 0 Å². The fraction of sp³-hybridized carbons (Fsp3) is 0.0870. The molecule has 1 N–H and O–H groups in total. The summed E-state index contributed by atoms with van der Waals surface area (Å²) in [5.41, 5.74) is 16.5. The van der Waals surface area contributed by atoms with Crippen molar-refractivity contribution in [1.29, 1.82) is 0 Å². The number of H-pyrrole nitrogens is 1. The Morgan fingerprint density at radius 1 is 0.542 bits per heavy atom. The zero-order chi connectivity index (χ0) is 32.0. The lowest BCUT2D eigenvalue weighted by atomic mass is 9.81. The van der Waals surface area contributed by atoms with Crippen LogP contribution in [-0.2, 0) is 6.42 Å². The van der Waals surface area contributed by atoms with Crippen LogP contribution in [0.2, 0.25) is 0 Å². The molecule has 1 unspecified atom stereocenters. The molecule has 0 radical (unpaired) electrons. The van der Waals surface area contributed by atoms with E-state index in [1.165, 1.54) is 77.4 Å². The zero-order valence-electron chi connectivity index (χ0n) is 27.0. The van der Waals surface area contributed by atoms with Gasteiger partial charge in [0.05, 0.1) is 16.7 Å². The average molecular weight is 617 g/mol. The highest BCUT2D eigenvalue weighted by atomic mass is 15.3. The zero-order valence-corrected chi connectivity index (χ0v) is 27.0. The van der Waals surface area contributed by atoms with Gasteiger partial charge in [-0.25, -0.2) is 0 Å². The summed E-state index contributed by atoms with van der Waals surface area (Å²) in [6.07, 6.45) is 6.91. The van der Waals surface area contributed by atoms with Crippen molar-refractivity contribution in [3.8, 4) is 50.2 Å². The number of hydrogen-bond acceptors (Lipinski definition) is 0. The van der Waals surface area contributed by atoms with E-state index in [0.717, 1.165) is 18.5 Å². The number of rotatable bonds is 5. The molecule has 0 saturated heterocycles. The van der Waals surface area contributed by atoms with E-state index in [2.05, 4.69) is 181 Å². The van der Waals surface area contributed by atoms with Crippen LogP contribution >= 0.6 is 0 Å². The molecular formula is C46H36N2. The number of benzene rings is 7. The minimum Gasteiger partial charge on any atom is -0.292 e. The van der Waals surface area contributed by atoms with E-state index in [1.807, 2.05) is 0 Å². The molecule has 0 aliphatic heterocycles. The number of fused-ring (bicyclic) bond motifs is 3. The van der Waals surface area contributed by atoms with Crippen molar-refractivity contribution in [3.05, 3.63) is 169 Å². The van der Waals surface area contributed by atoms with Crippen LogP contribution in [0.1, 0.15) is 24.5 Å². The van der Waals surface area contributed by atoms with Gasteiger partial charge in [-0.2, -0.15) is 0 Å². The third kappa shape index (κ3) is 4.80. The Morgan fingerprint density at radius 2 is 1.10 bits per heavy atom. The average Bonchev–Trinajstić information content (AvgIpc) is 3.32. The standard InChI is InChI=1S/C46H36N2/c1-31-12-11-19-41-42(30-31)46(34-24-22-33(23-25-34)38-16-6-5-15-37(38)32-13-3-2-4-14-32)40-18-8-7-17-39(40)45(41)35-26-28-36(29-27-35)48-44-21-10-9-20-43(44)47-48/h2-11,13-29,31,47H,12,30H2,1H3. The SMILES string of the molecule is CC1CC=Cc2c(c(-c3ccc(-c4ccccc4-c4ccccc4)cc3)c3ccccc3c2-c2ccc(-n3[nH]c4ccccc43)cc2)C1. The predicted molar refractivity (Wildman–Crippen MR) is 203 cm³/mol. The molecule has 2 heteroatoms. The Hall–Kier alpha value is -5.86. The second-order valence-corrected chi connectivity index (χ2v) is 13.1. The molecule has 48 heavy (non-hydrogen) atoms. The molecule has 7 aromatic carbocycles. The van der Waals surface area contributed by atoms with Crippen LogP contribution < -0.4 is 0 Å². The Kier molecular flexibility index (Phi) is 6.94. The van der Waals surface area contributed by atoms with Crippen molar-refractivity contribution >= 4 is 27.9 Å². The van der Waals surface area contributed by atoms with Gasteiger partial charge in [0.25, 0.3) is 0 Å². The van der Waals surface area contributed by atoms with E-state index in [-0.39, 0.29) is 0 Å². The summed E-state index contributed by atoms with van der Waals surface area (Å²) in [6, 6.07) is 55.2. The van der Waals surface area contributed by atoms with E-state index in [0.29, 0.717) is 5.92 Å². The van der Waals surface area contributed by atoms with E-state index in [9.17, 15) is 0 Å². The third-order valence-corrected chi connectivity index (χ3v) is 10.0. The van der Waals surface area contributed by atoms with Crippen molar-refractivity contribution in [2.45, 2.75) is 19.8 Å². The van der Waals surface area contributed by atoms with Crippen molar-refractivity contribution in [2.24, 2.45) is 5.92 Å². The lowest BCUT2D eigenvalue weighted by Crippen LogP contribution is -2.07. The first-order valence-corrected chi connectivity index (χ1v) is 17.0. The maximum absolute atomic E-state index is 3.46. The highest BCUT2D eigenvalue weighted by Gasteiger charge is 2.23. The number of aromatic nitrogens is 2.